The SMILES string of the molecule is CCN(CCCNC(=O)c1cc(C)ccc1C)c1ccc(C)cc1. The van der Waals surface area contributed by atoms with E-state index in [1.54, 1.807) is 0 Å². The molecule has 0 unspecified atom stereocenters. The largest absolute Gasteiger partial charge is 0.372 e. The number of nitrogens with zero attached hydrogens (tertiary/aromatic N) is 1. The molecule has 2 rings (SSSR count). The first-order valence-corrected chi connectivity index (χ1v) is 8.68. The van der Waals surface area contributed by atoms with Crippen LogP contribution in [0.15, 0.2) is 42.5 Å². The molecule has 3 nitrogen and oxygen atoms in total. The zero-order chi connectivity index (χ0) is 17.5. The average Bonchev–Trinajstić information content (AvgIpc) is 2.58. The topological polar surface area (TPSA) is 32.3 Å². The van der Waals surface area contributed by atoms with Crippen LogP contribution in [0.3, 0.4) is 0 Å². The van der Waals surface area contributed by atoms with Crippen molar-refractivity contribution >= 4 is 11.6 Å². The van der Waals surface area contributed by atoms with Gasteiger partial charge in [-0.2, -0.15) is 0 Å². The first kappa shape index (κ1) is 18.1. The third-order valence-electron chi connectivity index (χ3n) is 4.31. The Kier molecular flexibility index (Phi) is 6.42. The van der Waals surface area contributed by atoms with Gasteiger partial charge in [-0.15, -0.1) is 0 Å². The quantitative estimate of drug-likeness (QED) is 0.772. The minimum absolute atomic E-state index is 0.0228. The van der Waals surface area contributed by atoms with Gasteiger partial charge in [-0.3, -0.25) is 4.79 Å². The number of hydrogen-bond acceptors (Lipinski definition) is 2. The lowest BCUT2D eigenvalue weighted by atomic mass is 10.1. The van der Waals surface area contributed by atoms with Gasteiger partial charge in [0.05, 0.1) is 0 Å². The van der Waals surface area contributed by atoms with Crippen LogP contribution in [0, 0.1) is 20.8 Å². The van der Waals surface area contributed by atoms with E-state index in [1.807, 2.05) is 32.0 Å². The minimum Gasteiger partial charge on any atom is -0.372 e. The van der Waals surface area contributed by atoms with Crippen molar-refractivity contribution in [2.24, 2.45) is 0 Å². The van der Waals surface area contributed by atoms with Gasteiger partial charge in [-0.1, -0.05) is 35.4 Å². The molecule has 0 aliphatic rings. The van der Waals surface area contributed by atoms with E-state index >= 15 is 0 Å². The molecule has 0 saturated carbocycles. The van der Waals surface area contributed by atoms with Gasteiger partial charge in [0.15, 0.2) is 0 Å². The van der Waals surface area contributed by atoms with Crippen molar-refractivity contribution in [3.63, 3.8) is 0 Å². The Hall–Kier alpha value is -2.29. The first-order valence-electron chi connectivity index (χ1n) is 8.68. The van der Waals surface area contributed by atoms with E-state index in [1.165, 1.54) is 11.3 Å². The van der Waals surface area contributed by atoms with Crippen molar-refractivity contribution in [2.75, 3.05) is 24.5 Å². The molecule has 1 N–H and O–H groups in total. The number of amides is 1. The molecule has 0 bridgehead atoms. The maximum Gasteiger partial charge on any atom is 0.251 e. The fraction of sp³-hybridized carbons (Fsp3) is 0.381. The van der Waals surface area contributed by atoms with Crippen LogP contribution in [-0.4, -0.2) is 25.5 Å². The maximum absolute atomic E-state index is 12.3. The Morgan fingerprint density at radius 3 is 2.33 bits per heavy atom. The highest BCUT2D eigenvalue weighted by atomic mass is 16.1. The standard InChI is InChI=1S/C21H28N2O/c1-5-23(19-11-8-16(2)9-12-19)14-6-13-22-21(24)20-15-17(3)7-10-18(20)4/h7-12,15H,5-6,13-14H2,1-4H3,(H,22,24). The fourth-order valence-corrected chi connectivity index (χ4v) is 2.77. The van der Waals surface area contributed by atoms with E-state index in [0.29, 0.717) is 6.54 Å². The van der Waals surface area contributed by atoms with Crippen LogP contribution in [-0.2, 0) is 0 Å². The van der Waals surface area contributed by atoms with Crippen molar-refractivity contribution in [1.29, 1.82) is 0 Å². The molecule has 24 heavy (non-hydrogen) atoms. The van der Waals surface area contributed by atoms with E-state index in [0.717, 1.165) is 36.2 Å². The van der Waals surface area contributed by atoms with Crippen molar-refractivity contribution in [3.8, 4) is 0 Å². The molecule has 0 aromatic heterocycles. The molecule has 1 amide bonds. The summed E-state index contributed by atoms with van der Waals surface area (Å²) in [5, 5.41) is 3.04. The molecule has 2 aromatic rings. The summed E-state index contributed by atoms with van der Waals surface area (Å²) >= 11 is 0. The number of rotatable bonds is 7. The second-order valence-electron chi connectivity index (χ2n) is 6.34. The van der Waals surface area contributed by atoms with Crippen molar-refractivity contribution in [1.82, 2.24) is 5.32 Å². The van der Waals surface area contributed by atoms with Crippen LogP contribution >= 0.6 is 0 Å². The van der Waals surface area contributed by atoms with E-state index < -0.39 is 0 Å². The smallest absolute Gasteiger partial charge is 0.251 e. The van der Waals surface area contributed by atoms with Gasteiger partial charge < -0.3 is 10.2 Å². The molecule has 0 heterocycles. The molecule has 3 heteroatoms. The van der Waals surface area contributed by atoms with Crippen molar-refractivity contribution < 1.29 is 4.79 Å². The molecule has 0 aliphatic heterocycles. The van der Waals surface area contributed by atoms with Gasteiger partial charge in [0.1, 0.15) is 0 Å². The van der Waals surface area contributed by atoms with E-state index in [4.69, 9.17) is 0 Å². The highest BCUT2D eigenvalue weighted by Gasteiger charge is 2.09. The zero-order valence-corrected chi connectivity index (χ0v) is 15.2. The number of nitrogens with one attached hydrogen (secondary N) is 1. The summed E-state index contributed by atoms with van der Waals surface area (Å²) < 4.78 is 0. The fourth-order valence-electron chi connectivity index (χ4n) is 2.77. The minimum atomic E-state index is 0.0228. The lowest BCUT2D eigenvalue weighted by Crippen LogP contribution is -2.30. The van der Waals surface area contributed by atoms with Gasteiger partial charge >= 0.3 is 0 Å². The lowest BCUT2D eigenvalue weighted by molar-refractivity contribution is 0.0952. The van der Waals surface area contributed by atoms with Crippen LogP contribution in [0.25, 0.3) is 0 Å². The molecule has 2 aromatic carbocycles. The number of carbonyl (C=O) groups excluding carboxylic acids is 1. The summed E-state index contributed by atoms with van der Waals surface area (Å²) in [4.78, 5) is 14.7. The Labute approximate surface area is 145 Å². The van der Waals surface area contributed by atoms with Gasteiger partial charge in [0.25, 0.3) is 5.91 Å². The van der Waals surface area contributed by atoms with E-state index in [2.05, 4.69) is 48.3 Å². The van der Waals surface area contributed by atoms with Crippen molar-refractivity contribution in [2.45, 2.75) is 34.1 Å². The normalized spacial score (nSPS) is 10.5. The Morgan fingerprint density at radius 1 is 1.00 bits per heavy atom. The van der Waals surface area contributed by atoms with Gasteiger partial charge in [0.2, 0.25) is 0 Å². The molecule has 0 spiro atoms. The number of aryl methyl sites for hydroxylation is 3. The second-order valence-corrected chi connectivity index (χ2v) is 6.34. The van der Waals surface area contributed by atoms with Gasteiger partial charge in [0, 0.05) is 30.9 Å². The molecule has 0 fully saturated rings. The number of hydrogen-bond donors (Lipinski definition) is 1. The second kappa shape index (κ2) is 8.53. The summed E-state index contributed by atoms with van der Waals surface area (Å²) in [5.74, 6) is 0.0228. The van der Waals surface area contributed by atoms with Crippen LogP contribution in [0.2, 0.25) is 0 Å². The number of anilines is 1. The van der Waals surface area contributed by atoms with Crippen LogP contribution in [0.4, 0.5) is 5.69 Å². The summed E-state index contributed by atoms with van der Waals surface area (Å²) in [6, 6.07) is 14.6. The third kappa shape index (κ3) is 4.85. The molecular formula is C21H28N2O. The van der Waals surface area contributed by atoms with Crippen LogP contribution in [0.1, 0.15) is 40.4 Å². The molecule has 0 saturated heterocycles. The van der Waals surface area contributed by atoms with E-state index in [-0.39, 0.29) is 5.91 Å². The predicted molar refractivity (Wildman–Crippen MR) is 102 cm³/mol. The van der Waals surface area contributed by atoms with Gasteiger partial charge in [-0.05, 0) is 57.9 Å². The van der Waals surface area contributed by atoms with Gasteiger partial charge in [-0.25, -0.2) is 0 Å². The highest BCUT2D eigenvalue weighted by molar-refractivity contribution is 5.95. The summed E-state index contributed by atoms with van der Waals surface area (Å²) in [7, 11) is 0. The summed E-state index contributed by atoms with van der Waals surface area (Å²) in [5.41, 5.74) is 5.43. The summed E-state index contributed by atoms with van der Waals surface area (Å²) in [6.45, 7) is 10.8. The Morgan fingerprint density at radius 2 is 1.67 bits per heavy atom. The predicted octanol–water partition coefficient (Wildman–Crippen LogP) is 4.26. The van der Waals surface area contributed by atoms with Crippen molar-refractivity contribution in [3.05, 3.63) is 64.7 Å². The summed E-state index contributed by atoms with van der Waals surface area (Å²) in [6.07, 6.45) is 0.929. The molecule has 128 valence electrons. The van der Waals surface area contributed by atoms with Crippen LogP contribution in [0.5, 0.6) is 0 Å². The Bertz CT molecular complexity index is 677. The van der Waals surface area contributed by atoms with E-state index in [9.17, 15) is 4.79 Å². The van der Waals surface area contributed by atoms with Crippen LogP contribution < -0.4 is 10.2 Å². The first-order chi connectivity index (χ1) is 11.5. The average molecular weight is 324 g/mol. The monoisotopic (exact) mass is 324 g/mol. The maximum atomic E-state index is 12.3. The number of carbonyl (C=O) groups is 1. The Balaban J connectivity index is 1.84. The molecular weight excluding hydrogens is 296 g/mol. The third-order valence-corrected chi connectivity index (χ3v) is 4.31. The molecule has 0 radical (unpaired) electrons. The lowest BCUT2D eigenvalue weighted by Gasteiger charge is -2.23. The molecule has 0 aliphatic carbocycles. The highest BCUT2D eigenvalue weighted by Crippen LogP contribution is 2.15. The molecule has 0 atom stereocenters. The zero-order valence-electron chi connectivity index (χ0n) is 15.2. The number of benzene rings is 2.